The Bertz CT molecular complexity index is 282. The number of carbonyl (C=O) groups excluding carboxylic acids is 1. The van der Waals surface area contributed by atoms with E-state index in [9.17, 15) is 4.79 Å². The molecular weight excluding hydrogens is 197 g/mol. The van der Waals surface area contributed by atoms with Crippen LogP contribution in [0.4, 0.5) is 0 Å². The Hall–Kier alpha value is -0.730. The number of hydrogen-bond donors (Lipinski definition) is 1. The molecule has 2 N–H and O–H groups in total. The van der Waals surface area contributed by atoms with Crippen molar-refractivity contribution in [2.75, 3.05) is 0 Å². The third-order valence-electron chi connectivity index (χ3n) is 1.45. The molecule has 1 aromatic carbocycles. The molecule has 4 heteroatoms. The number of primary amides is 1. The molecule has 0 unspecified atom stereocenters. The van der Waals surface area contributed by atoms with Crippen LogP contribution in [0.25, 0.3) is 0 Å². The summed E-state index contributed by atoms with van der Waals surface area (Å²) in [5.41, 5.74) is 6.24. The van der Waals surface area contributed by atoms with Crippen molar-refractivity contribution in [2.45, 2.75) is 4.84 Å². The van der Waals surface area contributed by atoms with Gasteiger partial charge in [0.1, 0.15) is 4.84 Å². The number of alkyl halides is 2. The first-order valence-corrected chi connectivity index (χ1v) is 4.16. The molecule has 0 radical (unpaired) electrons. The zero-order valence-corrected chi connectivity index (χ0v) is 7.64. The van der Waals surface area contributed by atoms with Crippen molar-refractivity contribution < 1.29 is 4.79 Å². The van der Waals surface area contributed by atoms with Crippen molar-refractivity contribution in [3.8, 4) is 0 Å². The zero-order valence-electron chi connectivity index (χ0n) is 6.13. The van der Waals surface area contributed by atoms with Gasteiger partial charge in [0.05, 0.1) is 0 Å². The first-order chi connectivity index (χ1) is 5.61. The van der Waals surface area contributed by atoms with Gasteiger partial charge < -0.3 is 5.73 Å². The maximum Gasteiger partial charge on any atom is 0.248 e. The molecule has 0 bridgehead atoms. The molecule has 0 saturated heterocycles. The van der Waals surface area contributed by atoms with Crippen LogP contribution in [0.5, 0.6) is 0 Å². The minimum absolute atomic E-state index is 0.452. The van der Waals surface area contributed by atoms with Gasteiger partial charge in [-0.25, -0.2) is 0 Å². The molecular formula is C8H7Cl2NO. The number of rotatable bonds is 2. The molecule has 0 spiro atoms. The van der Waals surface area contributed by atoms with Gasteiger partial charge in [0.15, 0.2) is 0 Å². The topological polar surface area (TPSA) is 43.1 Å². The molecule has 0 aliphatic carbocycles. The second-order valence-electron chi connectivity index (χ2n) is 2.29. The molecule has 0 saturated carbocycles. The van der Waals surface area contributed by atoms with Crippen molar-refractivity contribution in [1.29, 1.82) is 0 Å². The maximum absolute atomic E-state index is 10.6. The summed E-state index contributed by atoms with van der Waals surface area (Å²) < 4.78 is 0. The van der Waals surface area contributed by atoms with E-state index in [1.807, 2.05) is 0 Å². The summed E-state index contributed by atoms with van der Waals surface area (Å²) in [4.78, 5) is 10.1. The van der Waals surface area contributed by atoms with E-state index in [1.165, 1.54) is 0 Å². The lowest BCUT2D eigenvalue weighted by Gasteiger charge is -2.01. The third-order valence-corrected chi connectivity index (χ3v) is 1.95. The Morgan fingerprint density at radius 1 is 1.25 bits per heavy atom. The van der Waals surface area contributed by atoms with Gasteiger partial charge in [0.25, 0.3) is 0 Å². The van der Waals surface area contributed by atoms with Gasteiger partial charge in [-0.3, -0.25) is 4.79 Å². The fraction of sp³-hybridized carbons (Fsp3) is 0.125. The molecule has 0 fully saturated rings. The van der Waals surface area contributed by atoms with Crippen LogP contribution >= 0.6 is 23.2 Å². The van der Waals surface area contributed by atoms with Crippen LogP contribution in [0.3, 0.4) is 0 Å². The fourth-order valence-corrected chi connectivity index (χ4v) is 1.08. The van der Waals surface area contributed by atoms with Crippen molar-refractivity contribution in [2.24, 2.45) is 5.73 Å². The van der Waals surface area contributed by atoms with Crippen LogP contribution in [-0.2, 0) is 0 Å². The second kappa shape index (κ2) is 3.78. The monoisotopic (exact) mass is 203 g/mol. The largest absolute Gasteiger partial charge is 0.366 e. The Morgan fingerprint density at radius 3 is 2.08 bits per heavy atom. The smallest absolute Gasteiger partial charge is 0.248 e. The van der Waals surface area contributed by atoms with E-state index >= 15 is 0 Å². The molecule has 0 atom stereocenters. The summed E-state index contributed by atoms with van der Waals surface area (Å²) >= 11 is 11.2. The van der Waals surface area contributed by atoms with E-state index in [2.05, 4.69) is 0 Å². The highest BCUT2D eigenvalue weighted by molar-refractivity contribution is 6.44. The van der Waals surface area contributed by atoms with Crippen LogP contribution in [-0.4, -0.2) is 5.91 Å². The van der Waals surface area contributed by atoms with Crippen molar-refractivity contribution in [3.63, 3.8) is 0 Å². The van der Waals surface area contributed by atoms with Crippen molar-refractivity contribution in [3.05, 3.63) is 35.4 Å². The van der Waals surface area contributed by atoms with Gasteiger partial charge in [-0.2, -0.15) is 0 Å². The van der Waals surface area contributed by atoms with Gasteiger partial charge in [-0.1, -0.05) is 12.1 Å². The van der Waals surface area contributed by atoms with Crippen molar-refractivity contribution >= 4 is 29.1 Å². The predicted molar refractivity (Wildman–Crippen MR) is 49.4 cm³/mol. The highest BCUT2D eigenvalue weighted by Crippen LogP contribution is 2.24. The first-order valence-electron chi connectivity index (χ1n) is 3.29. The van der Waals surface area contributed by atoms with Crippen LogP contribution in [0.2, 0.25) is 0 Å². The van der Waals surface area contributed by atoms with Crippen LogP contribution < -0.4 is 5.73 Å². The summed E-state index contributed by atoms with van der Waals surface area (Å²) in [6.07, 6.45) is 0. The Morgan fingerprint density at radius 2 is 1.75 bits per heavy atom. The lowest BCUT2D eigenvalue weighted by molar-refractivity contribution is 0.100. The average molecular weight is 204 g/mol. The number of amides is 1. The fourth-order valence-electron chi connectivity index (χ4n) is 0.793. The van der Waals surface area contributed by atoms with E-state index in [0.717, 1.165) is 5.56 Å². The zero-order chi connectivity index (χ0) is 9.14. The minimum Gasteiger partial charge on any atom is -0.366 e. The molecule has 1 amide bonds. The summed E-state index contributed by atoms with van der Waals surface area (Å²) in [6, 6.07) is 6.53. The molecule has 0 heterocycles. The molecule has 1 aromatic rings. The SMILES string of the molecule is NC(=O)c1ccc(C(Cl)Cl)cc1. The minimum atomic E-state index is -0.563. The highest BCUT2D eigenvalue weighted by atomic mass is 35.5. The van der Waals surface area contributed by atoms with Gasteiger partial charge in [0.2, 0.25) is 5.91 Å². The Kier molecular flexibility index (Phi) is 2.95. The van der Waals surface area contributed by atoms with Crippen LogP contribution in [0, 0.1) is 0 Å². The Labute approximate surface area is 80.3 Å². The first kappa shape index (κ1) is 9.36. The van der Waals surface area contributed by atoms with Crippen molar-refractivity contribution in [1.82, 2.24) is 0 Å². The van der Waals surface area contributed by atoms with E-state index in [1.54, 1.807) is 24.3 Å². The second-order valence-corrected chi connectivity index (χ2v) is 3.38. The number of nitrogens with two attached hydrogens (primary N) is 1. The van der Waals surface area contributed by atoms with Gasteiger partial charge in [-0.05, 0) is 17.7 Å². The summed E-state index contributed by atoms with van der Waals surface area (Å²) in [7, 11) is 0. The summed E-state index contributed by atoms with van der Waals surface area (Å²) in [5.74, 6) is -0.456. The molecule has 0 aliphatic heterocycles. The molecule has 0 aliphatic rings. The molecule has 64 valence electrons. The molecule has 1 rings (SSSR count). The highest BCUT2D eigenvalue weighted by Gasteiger charge is 2.04. The number of hydrogen-bond acceptors (Lipinski definition) is 1. The van der Waals surface area contributed by atoms with Crippen LogP contribution in [0.1, 0.15) is 20.8 Å². The molecule has 12 heavy (non-hydrogen) atoms. The standard InChI is InChI=1S/C8H7Cl2NO/c9-7(10)5-1-3-6(4-2-5)8(11)12/h1-4,7H,(H2,11,12). The van der Waals surface area contributed by atoms with E-state index in [4.69, 9.17) is 28.9 Å². The van der Waals surface area contributed by atoms with Gasteiger partial charge >= 0.3 is 0 Å². The van der Waals surface area contributed by atoms with Crippen LogP contribution in [0.15, 0.2) is 24.3 Å². The summed E-state index contributed by atoms with van der Waals surface area (Å²) in [5, 5.41) is 0. The Balaban J connectivity index is 2.93. The number of halogens is 2. The van der Waals surface area contributed by atoms with Gasteiger partial charge in [0, 0.05) is 5.56 Å². The van der Waals surface area contributed by atoms with E-state index < -0.39 is 10.7 Å². The quantitative estimate of drug-likeness (QED) is 0.737. The average Bonchev–Trinajstić information content (AvgIpc) is 2.04. The maximum atomic E-state index is 10.6. The normalized spacial score (nSPS) is 10.2. The van der Waals surface area contributed by atoms with E-state index in [0.29, 0.717) is 5.56 Å². The third kappa shape index (κ3) is 2.13. The lowest BCUT2D eigenvalue weighted by Crippen LogP contribution is -2.10. The van der Waals surface area contributed by atoms with E-state index in [-0.39, 0.29) is 0 Å². The lowest BCUT2D eigenvalue weighted by atomic mass is 10.1. The predicted octanol–water partition coefficient (Wildman–Crippen LogP) is 2.26. The summed E-state index contributed by atoms with van der Waals surface area (Å²) in [6.45, 7) is 0. The molecule has 0 aromatic heterocycles. The number of carbonyl (C=O) groups is 1. The van der Waals surface area contributed by atoms with Gasteiger partial charge in [-0.15, -0.1) is 23.2 Å². The number of benzene rings is 1. The molecule has 2 nitrogen and oxygen atoms in total.